The second-order valence-electron chi connectivity index (χ2n) is 4.29. The molecule has 1 atom stereocenters. The van der Waals surface area contributed by atoms with Crippen LogP contribution in [0.5, 0.6) is 0 Å². The van der Waals surface area contributed by atoms with Crippen LogP contribution in [0, 0.1) is 0 Å². The smallest absolute Gasteiger partial charge is 0.264 e. The Labute approximate surface area is 102 Å². The Bertz CT molecular complexity index is 460. The van der Waals surface area contributed by atoms with Crippen LogP contribution in [0.4, 0.5) is 0 Å². The number of hydrogen-bond donors (Lipinski definition) is 1. The van der Waals surface area contributed by atoms with E-state index in [-0.39, 0.29) is 6.61 Å². The van der Waals surface area contributed by atoms with Gasteiger partial charge in [-0.15, -0.1) is 0 Å². The lowest BCUT2D eigenvalue weighted by molar-refractivity contribution is 0.0101. The van der Waals surface area contributed by atoms with E-state index in [2.05, 4.69) is 4.18 Å². The van der Waals surface area contributed by atoms with Crippen molar-refractivity contribution in [3.8, 4) is 0 Å². The highest BCUT2D eigenvalue weighted by atomic mass is 32.2. The molecule has 0 saturated heterocycles. The Hall–Kier alpha value is -0.910. The van der Waals surface area contributed by atoms with Crippen molar-refractivity contribution in [3.05, 3.63) is 35.4 Å². The minimum absolute atomic E-state index is 0.280. The fourth-order valence-corrected chi connectivity index (χ4v) is 1.85. The standard InChI is InChI=1S/C12H18O4S/c1-4-10-5-7-11(8-6-10)12(2,13)9-16-17(3,14)15/h5-8,13H,4,9H2,1-3H3/t12-/m1/s1. The van der Waals surface area contributed by atoms with Crippen LogP contribution in [0.3, 0.4) is 0 Å². The van der Waals surface area contributed by atoms with E-state index in [0.717, 1.165) is 18.2 Å². The molecule has 0 heterocycles. The molecule has 0 aliphatic heterocycles. The second kappa shape index (κ2) is 5.16. The zero-order chi connectivity index (χ0) is 13.1. The summed E-state index contributed by atoms with van der Waals surface area (Å²) >= 11 is 0. The first kappa shape index (κ1) is 14.2. The van der Waals surface area contributed by atoms with Crippen molar-refractivity contribution < 1.29 is 17.7 Å². The lowest BCUT2D eigenvalue weighted by atomic mass is 9.96. The third kappa shape index (κ3) is 4.46. The Morgan fingerprint density at radius 1 is 1.29 bits per heavy atom. The van der Waals surface area contributed by atoms with Crippen molar-refractivity contribution in [2.45, 2.75) is 25.9 Å². The van der Waals surface area contributed by atoms with Gasteiger partial charge in [-0.2, -0.15) is 8.42 Å². The molecule has 4 nitrogen and oxygen atoms in total. The van der Waals surface area contributed by atoms with Gasteiger partial charge in [0, 0.05) is 0 Å². The lowest BCUT2D eigenvalue weighted by Gasteiger charge is -2.23. The van der Waals surface area contributed by atoms with Crippen molar-refractivity contribution in [2.75, 3.05) is 12.9 Å². The van der Waals surface area contributed by atoms with Crippen molar-refractivity contribution >= 4 is 10.1 Å². The summed E-state index contributed by atoms with van der Waals surface area (Å²) in [5.41, 5.74) is 0.488. The van der Waals surface area contributed by atoms with E-state index >= 15 is 0 Å². The molecule has 0 bridgehead atoms. The minimum Gasteiger partial charge on any atom is -0.383 e. The summed E-state index contributed by atoms with van der Waals surface area (Å²) in [7, 11) is -3.54. The Balaban J connectivity index is 2.81. The largest absolute Gasteiger partial charge is 0.383 e. The van der Waals surface area contributed by atoms with Crippen LogP contribution in [-0.4, -0.2) is 26.4 Å². The van der Waals surface area contributed by atoms with Gasteiger partial charge in [-0.3, -0.25) is 4.18 Å². The minimum atomic E-state index is -3.54. The SMILES string of the molecule is CCc1ccc([C@](C)(O)COS(C)(=O)=O)cc1. The summed E-state index contributed by atoms with van der Waals surface area (Å²) in [6.07, 6.45) is 1.88. The van der Waals surface area contributed by atoms with E-state index in [1.165, 1.54) is 6.92 Å². The van der Waals surface area contributed by atoms with Gasteiger partial charge < -0.3 is 5.11 Å². The van der Waals surface area contributed by atoms with Crippen LogP contribution in [-0.2, 0) is 26.3 Å². The summed E-state index contributed by atoms with van der Waals surface area (Å²) < 4.78 is 26.4. The summed E-state index contributed by atoms with van der Waals surface area (Å²) in [4.78, 5) is 0. The van der Waals surface area contributed by atoms with Gasteiger partial charge in [-0.05, 0) is 24.5 Å². The van der Waals surface area contributed by atoms with Crippen molar-refractivity contribution in [2.24, 2.45) is 0 Å². The second-order valence-corrected chi connectivity index (χ2v) is 5.93. The summed E-state index contributed by atoms with van der Waals surface area (Å²) in [5, 5.41) is 10.1. The third-order valence-corrected chi connectivity index (χ3v) is 3.08. The van der Waals surface area contributed by atoms with E-state index in [1.54, 1.807) is 12.1 Å². The average molecular weight is 258 g/mol. The normalized spacial score (nSPS) is 15.5. The monoisotopic (exact) mass is 258 g/mol. The molecule has 96 valence electrons. The zero-order valence-electron chi connectivity index (χ0n) is 10.3. The molecule has 0 fully saturated rings. The molecular formula is C12H18O4S. The molecule has 17 heavy (non-hydrogen) atoms. The third-order valence-electron chi connectivity index (χ3n) is 2.54. The van der Waals surface area contributed by atoms with Gasteiger partial charge in [-0.1, -0.05) is 31.2 Å². The lowest BCUT2D eigenvalue weighted by Crippen LogP contribution is -2.29. The molecule has 1 N–H and O–H groups in total. The Morgan fingerprint density at radius 3 is 2.24 bits per heavy atom. The van der Waals surface area contributed by atoms with E-state index in [0.29, 0.717) is 5.56 Å². The number of aliphatic hydroxyl groups is 1. The molecule has 0 spiro atoms. The average Bonchev–Trinajstić information content (AvgIpc) is 2.26. The van der Waals surface area contributed by atoms with Gasteiger partial charge in [0.2, 0.25) is 0 Å². The van der Waals surface area contributed by atoms with Crippen LogP contribution in [0.2, 0.25) is 0 Å². The van der Waals surface area contributed by atoms with Crippen LogP contribution < -0.4 is 0 Å². The fourth-order valence-electron chi connectivity index (χ4n) is 1.40. The quantitative estimate of drug-likeness (QED) is 0.812. The number of rotatable bonds is 5. The number of aryl methyl sites for hydroxylation is 1. The molecule has 0 radical (unpaired) electrons. The number of benzene rings is 1. The van der Waals surface area contributed by atoms with Crippen LogP contribution >= 0.6 is 0 Å². The van der Waals surface area contributed by atoms with E-state index in [4.69, 9.17) is 0 Å². The van der Waals surface area contributed by atoms with Crippen LogP contribution in [0.25, 0.3) is 0 Å². The first-order valence-electron chi connectivity index (χ1n) is 5.41. The zero-order valence-corrected chi connectivity index (χ0v) is 11.1. The van der Waals surface area contributed by atoms with Gasteiger partial charge in [0.05, 0.1) is 12.9 Å². The Morgan fingerprint density at radius 2 is 1.82 bits per heavy atom. The van der Waals surface area contributed by atoms with E-state index in [1.807, 2.05) is 19.1 Å². The molecule has 0 saturated carbocycles. The molecule has 0 aliphatic rings. The van der Waals surface area contributed by atoms with Gasteiger partial charge in [0.1, 0.15) is 5.60 Å². The maximum atomic E-state index is 10.9. The van der Waals surface area contributed by atoms with Gasteiger partial charge in [-0.25, -0.2) is 0 Å². The topological polar surface area (TPSA) is 63.6 Å². The molecule has 1 rings (SSSR count). The molecule has 0 aromatic heterocycles. The molecule has 0 amide bonds. The predicted octanol–water partition coefficient (Wildman–Crippen LogP) is 1.43. The van der Waals surface area contributed by atoms with Crippen molar-refractivity contribution in [3.63, 3.8) is 0 Å². The molecule has 1 aromatic rings. The highest BCUT2D eigenvalue weighted by molar-refractivity contribution is 7.85. The maximum absolute atomic E-state index is 10.9. The summed E-state index contributed by atoms with van der Waals surface area (Å²) in [6, 6.07) is 7.38. The molecule has 0 unspecified atom stereocenters. The molecule has 0 aliphatic carbocycles. The van der Waals surface area contributed by atoms with Gasteiger partial charge in [0.15, 0.2) is 0 Å². The summed E-state index contributed by atoms with van der Waals surface area (Å²) in [5.74, 6) is 0. The van der Waals surface area contributed by atoms with Gasteiger partial charge >= 0.3 is 0 Å². The first-order chi connectivity index (χ1) is 7.74. The maximum Gasteiger partial charge on any atom is 0.264 e. The molecule has 5 heteroatoms. The predicted molar refractivity (Wildman–Crippen MR) is 66.2 cm³/mol. The van der Waals surface area contributed by atoms with Gasteiger partial charge in [0.25, 0.3) is 10.1 Å². The fraction of sp³-hybridized carbons (Fsp3) is 0.500. The van der Waals surface area contributed by atoms with Crippen molar-refractivity contribution in [1.82, 2.24) is 0 Å². The highest BCUT2D eigenvalue weighted by Crippen LogP contribution is 2.22. The van der Waals surface area contributed by atoms with E-state index < -0.39 is 15.7 Å². The number of hydrogen-bond acceptors (Lipinski definition) is 4. The van der Waals surface area contributed by atoms with E-state index in [9.17, 15) is 13.5 Å². The molecular weight excluding hydrogens is 240 g/mol. The highest BCUT2D eigenvalue weighted by Gasteiger charge is 2.25. The Kier molecular flexibility index (Phi) is 4.30. The van der Waals surface area contributed by atoms with Crippen LogP contribution in [0.15, 0.2) is 24.3 Å². The first-order valence-corrected chi connectivity index (χ1v) is 7.22. The molecule has 1 aromatic carbocycles. The van der Waals surface area contributed by atoms with Crippen molar-refractivity contribution in [1.29, 1.82) is 0 Å². The summed E-state index contributed by atoms with van der Waals surface area (Å²) in [6.45, 7) is 3.29. The van der Waals surface area contributed by atoms with Crippen LogP contribution in [0.1, 0.15) is 25.0 Å².